The van der Waals surface area contributed by atoms with E-state index >= 15 is 0 Å². The van der Waals surface area contributed by atoms with E-state index in [1.54, 1.807) is 7.11 Å². The van der Waals surface area contributed by atoms with E-state index in [1.807, 2.05) is 29.6 Å². The molecule has 2 aromatic rings. The number of methoxy groups -OCH3 is 1. The van der Waals surface area contributed by atoms with Crippen LogP contribution in [0.3, 0.4) is 0 Å². The minimum atomic E-state index is -0.414. The van der Waals surface area contributed by atoms with Gasteiger partial charge in [-0.3, -0.25) is 14.5 Å². The normalized spacial score (nSPS) is 19.2. The largest absolute Gasteiger partial charge is 0.497 e. The number of hydrogen-bond acceptors (Lipinski definition) is 5. The van der Waals surface area contributed by atoms with Crippen LogP contribution in [-0.4, -0.2) is 28.8 Å². The van der Waals surface area contributed by atoms with Gasteiger partial charge in [-0.25, -0.2) is 4.98 Å². The zero-order valence-electron chi connectivity index (χ0n) is 14.2. The van der Waals surface area contributed by atoms with Gasteiger partial charge < -0.3 is 4.74 Å². The molecule has 0 radical (unpaired) electrons. The maximum absolute atomic E-state index is 12.8. The van der Waals surface area contributed by atoms with Gasteiger partial charge in [0.25, 0.3) is 0 Å². The minimum Gasteiger partial charge on any atom is -0.497 e. The molecule has 1 saturated carbocycles. The van der Waals surface area contributed by atoms with Crippen molar-refractivity contribution in [3.05, 3.63) is 35.3 Å². The summed E-state index contributed by atoms with van der Waals surface area (Å²) < 4.78 is 5.25. The molecule has 0 unspecified atom stereocenters. The summed E-state index contributed by atoms with van der Waals surface area (Å²) >= 11 is 1.52. The van der Waals surface area contributed by atoms with Crippen LogP contribution in [0.15, 0.2) is 29.6 Å². The number of benzene rings is 1. The van der Waals surface area contributed by atoms with Gasteiger partial charge in [0.05, 0.1) is 24.8 Å². The van der Waals surface area contributed by atoms with Crippen LogP contribution in [0.2, 0.25) is 0 Å². The summed E-state index contributed by atoms with van der Waals surface area (Å²) in [7, 11) is 1.63. The van der Waals surface area contributed by atoms with Crippen LogP contribution in [0.25, 0.3) is 10.6 Å². The highest BCUT2D eigenvalue weighted by Crippen LogP contribution is 2.47. The first-order valence-corrected chi connectivity index (χ1v) is 9.43. The molecule has 1 aromatic heterocycles. The summed E-state index contributed by atoms with van der Waals surface area (Å²) in [4.78, 5) is 31.2. The first kappa shape index (κ1) is 16.3. The molecule has 1 saturated heterocycles. The molecule has 1 aliphatic heterocycles. The molecule has 0 bridgehead atoms. The maximum Gasteiger partial charge on any atom is 0.236 e. The lowest BCUT2D eigenvalue weighted by atomic mass is 9.84. The lowest BCUT2D eigenvalue weighted by Crippen LogP contribution is -2.34. The van der Waals surface area contributed by atoms with Gasteiger partial charge >= 0.3 is 0 Å². The number of carbonyl (C=O) groups excluding carboxylic acids is 2. The number of aromatic nitrogens is 1. The fourth-order valence-corrected chi connectivity index (χ4v) is 4.70. The molecule has 2 heterocycles. The van der Waals surface area contributed by atoms with Crippen molar-refractivity contribution in [2.24, 2.45) is 5.41 Å². The predicted octanol–water partition coefficient (Wildman–Crippen LogP) is 3.64. The Hall–Kier alpha value is -2.21. The Balaban J connectivity index is 1.53. The van der Waals surface area contributed by atoms with Crippen LogP contribution in [0.5, 0.6) is 5.75 Å². The smallest absolute Gasteiger partial charge is 0.236 e. The molecule has 0 N–H and O–H groups in total. The van der Waals surface area contributed by atoms with Crippen molar-refractivity contribution in [1.82, 2.24) is 9.88 Å². The highest BCUT2D eigenvalue weighted by Gasteiger charge is 2.52. The summed E-state index contributed by atoms with van der Waals surface area (Å²) in [6, 6.07) is 7.72. The van der Waals surface area contributed by atoms with Gasteiger partial charge in [0.15, 0.2) is 0 Å². The average molecular weight is 356 g/mol. The zero-order valence-corrected chi connectivity index (χ0v) is 15.0. The third-order valence-corrected chi connectivity index (χ3v) is 6.18. The van der Waals surface area contributed by atoms with Crippen molar-refractivity contribution >= 4 is 23.2 Å². The summed E-state index contributed by atoms with van der Waals surface area (Å²) in [6.07, 6.45) is 4.16. The van der Waals surface area contributed by atoms with E-state index < -0.39 is 5.41 Å². The summed E-state index contributed by atoms with van der Waals surface area (Å²) in [5, 5.41) is 2.79. The lowest BCUT2D eigenvalue weighted by molar-refractivity contribution is -0.142. The summed E-state index contributed by atoms with van der Waals surface area (Å²) in [5.41, 5.74) is 1.32. The Morgan fingerprint density at radius 2 is 2.08 bits per heavy atom. The number of ether oxygens (including phenoxy) is 1. The number of amides is 2. The average Bonchev–Trinajstić information content (AvgIpc) is 3.33. The first-order valence-electron chi connectivity index (χ1n) is 8.55. The molecule has 130 valence electrons. The molecular formula is C19H20N2O3S. The quantitative estimate of drug-likeness (QED) is 0.785. The molecule has 1 spiro atoms. The second-order valence-corrected chi connectivity index (χ2v) is 7.68. The van der Waals surface area contributed by atoms with Crippen LogP contribution >= 0.6 is 11.3 Å². The molecule has 2 fully saturated rings. The van der Waals surface area contributed by atoms with Gasteiger partial charge in [-0.15, -0.1) is 11.3 Å². The Morgan fingerprint density at radius 1 is 1.28 bits per heavy atom. The van der Waals surface area contributed by atoms with Crippen molar-refractivity contribution in [2.45, 2.75) is 38.6 Å². The Labute approximate surface area is 150 Å². The van der Waals surface area contributed by atoms with Crippen LogP contribution in [0.4, 0.5) is 0 Å². The van der Waals surface area contributed by atoms with Crippen LogP contribution in [0.1, 0.15) is 37.8 Å². The van der Waals surface area contributed by atoms with Gasteiger partial charge in [0.2, 0.25) is 11.8 Å². The number of nitrogens with zero attached hydrogens (tertiary/aromatic N) is 2. The van der Waals surface area contributed by atoms with Gasteiger partial charge in [0, 0.05) is 17.4 Å². The highest BCUT2D eigenvalue weighted by atomic mass is 32.1. The fourth-order valence-electron chi connectivity index (χ4n) is 3.89. The van der Waals surface area contributed by atoms with E-state index in [-0.39, 0.29) is 18.4 Å². The van der Waals surface area contributed by atoms with Gasteiger partial charge in [-0.2, -0.15) is 0 Å². The Kier molecular flexibility index (Phi) is 4.07. The van der Waals surface area contributed by atoms with Crippen molar-refractivity contribution in [3.63, 3.8) is 0 Å². The third kappa shape index (κ3) is 2.84. The van der Waals surface area contributed by atoms with E-state index in [0.717, 1.165) is 47.7 Å². The molecular weight excluding hydrogens is 336 g/mol. The van der Waals surface area contributed by atoms with E-state index in [1.165, 1.54) is 16.2 Å². The molecule has 5 nitrogen and oxygen atoms in total. The molecule has 2 aliphatic rings. The minimum absolute atomic E-state index is 0.00549. The molecule has 2 amide bonds. The zero-order chi connectivity index (χ0) is 17.4. The van der Waals surface area contributed by atoms with Crippen molar-refractivity contribution < 1.29 is 14.3 Å². The number of likely N-dealkylation sites (tertiary alicyclic amines) is 1. The van der Waals surface area contributed by atoms with E-state index in [2.05, 4.69) is 4.98 Å². The second-order valence-electron chi connectivity index (χ2n) is 6.83. The number of hydrogen-bond donors (Lipinski definition) is 0. The molecule has 6 heteroatoms. The fraction of sp³-hybridized carbons (Fsp3) is 0.421. The maximum atomic E-state index is 12.8. The topological polar surface area (TPSA) is 59.5 Å². The molecule has 1 aliphatic carbocycles. The SMILES string of the molecule is COc1cccc(-c2nc(CN3C(=O)CC4(CCCC4)C3=O)cs2)c1. The summed E-state index contributed by atoms with van der Waals surface area (Å²) in [6.45, 7) is 0.278. The van der Waals surface area contributed by atoms with Crippen molar-refractivity contribution in [3.8, 4) is 16.3 Å². The van der Waals surface area contributed by atoms with E-state index in [9.17, 15) is 9.59 Å². The molecule has 1 aromatic carbocycles. The highest BCUT2D eigenvalue weighted by molar-refractivity contribution is 7.13. The Morgan fingerprint density at radius 3 is 2.84 bits per heavy atom. The van der Waals surface area contributed by atoms with Crippen LogP contribution < -0.4 is 4.74 Å². The van der Waals surface area contributed by atoms with Gasteiger partial charge in [0.1, 0.15) is 10.8 Å². The number of imide groups is 1. The number of thiazole rings is 1. The lowest BCUT2D eigenvalue weighted by Gasteiger charge is -2.20. The number of rotatable bonds is 4. The van der Waals surface area contributed by atoms with Gasteiger partial charge in [-0.1, -0.05) is 25.0 Å². The first-order chi connectivity index (χ1) is 12.1. The second kappa shape index (κ2) is 6.26. The van der Waals surface area contributed by atoms with Crippen molar-refractivity contribution in [1.29, 1.82) is 0 Å². The molecule has 4 rings (SSSR count). The standard InChI is InChI=1S/C19H20N2O3S/c1-24-15-6-4-5-13(9-15)17-20-14(12-25-17)11-21-16(22)10-19(18(21)23)7-2-3-8-19/h4-6,9,12H,2-3,7-8,10-11H2,1H3. The van der Waals surface area contributed by atoms with E-state index in [4.69, 9.17) is 4.74 Å². The molecule has 25 heavy (non-hydrogen) atoms. The number of carbonyl (C=O) groups is 2. The van der Waals surface area contributed by atoms with Crippen LogP contribution in [0, 0.1) is 5.41 Å². The third-order valence-electron chi connectivity index (χ3n) is 5.24. The van der Waals surface area contributed by atoms with Crippen LogP contribution in [-0.2, 0) is 16.1 Å². The Bertz CT molecular complexity index is 824. The van der Waals surface area contributed by atoms with Crippen molar-refractivity contribution in [2.75, 3.05) is 7.11 Å². The summed E-state index contributed by atoms with van der Waals surface area (Å²) in [5.74, 6) is 0.732. The predicted molar refractivity (Wildman–Crippen MR) is 95.2 cm³/mol. The monoisotopic (exact) mass is 356 g/mol. The van der Waals surface area contributed by atoms with E-state index in [0.29, 0.717) is 6.42 Å². The molecule has 0 atom stereocenters. The van der Waals surface area contributed by atoms with Gasteiger partial charge in [-0.05, 0) is 25.0 Å².